The minimum atomic E-state index is -0.717. The average molecular weight is 515 g/mol. The van der Waals surface area contributed by atoms with Crippen molar-refractivity contribution in [2.45, 2.75) is 51.5 Å². The number of amides is 1. The predicted molar refractivity (Wildman–Crippen MR) is 146 cm³/mol. The molecule has 6 rings (SSSR count). The molecule has 5 nitrogen and oxygen atoms in total. The lowest BCUT2D eigenvalue weighted by Gasteiger charge is -2.22. The highest BCUT2D eigenvalue weighted by atomic mass is 32.1. The van der Waals surface area contributed by atoms with Gasteiger partial charge in [0, 0.05) is 10.4 Å². The van der Waals surface area contributed by atoms with Gasteiger partial charge in [0.15, 0.2) is 5.13 Å². The number of aliphatic hydroxyl groups is 1. The zero-order chi connectivity index (χ0) is 25.0. The minimum Gasteiger partial charge on any atom is -0.507 e. The summed E-state index contributed by atoms with van der Waals surface area (Å²) in [5, 5.41) is 13.8. The van der Waals surface area contributed by atoms with Crippen LogP contribution >= 0.6 is 22.7 Å². The molecule has 2 aromatic carbocycles. The maximum absolute atomic E-state index is 13.4. The maximum Gasteiger partial charge on any atom is 0.301 e. The molecule has 0 saturated carbocycles. The van der Waals surface area contributed by atoms with Gasteiger partial charge in [-0.05, 0) is 77.9 Å². The highest BCUT2D eigenvalue weighted by Gasteiger charge is 2.48. The second-order valence-electron chi connectivity index (χ2n) is 9.75. The molecule has 1 unspecified atom stereocenters. The van der Waals surface area contributed by atoms with Crippen LogP contribution in [-0.2, 0) is 22.4 Å². The number of hydrogen-bond acceptors (Lipinski definition) is 6. The van der Waals surface area contributed by atoms with E-state index in [0.29, 0.717) is 16.6 Å². The molecule has 1 saturated heterocycles. The van der Waals surface area contributed by atoms with E-state index in [-0.39, 0.29) is 11.3 Å². The summed E-state index contributed by atoms with van der Waals surface area (Å²) in [6.07, 6.45) is 4.28. The number of fused-ring (bicyclic) bond motifs is 2. The van der Waals surface area contributed by atoms with Crippen molar-refractivity contribution in [2.24, 2.45) is 0 Å². The topological polar surface area (TPSA) is 70.5 Å². The van der Waals surface area contributed by atoms with E-state index in [0.717, 1.165) is 34.4 Å². The number of aromatic nitrogens is 1. The third kappa shape index (κ3) is 3.78. The summed E-state index contributed by atoms with van der Waals surface area (Å²) in [4.78, 5) is 33.9. The van der Waals surface area contributed by atoms with Gasteiger partial charge in [-0.3, -0.25) is 14.5 Å². The number of thiazole rings is 1. The summed E-state index contributed by atoms with van der Waals surface area (Å²) in [5.74, 6) is -1.08. The van der Waals surface area contributed by atoms with Gasteiger partial charge in [-0.2, -0.15) is 0 Å². The molecule has 0 bridgehead atoms. The van der Waals surface area contributed by atoms with Gasteiger partial charge >= 0.3 is 5.91 Å². The van der Waals surface area contributed by atoms with Crippen molar-refractivity contribution in [1.29, 1.82) is 0 Å². The van der Waals surface area contributed by atoms with E-state index < -0.39 is 17.7 Å². The van der Waals surface area contributed by atoms with Crippen LogP contribution in [0.25, 0.3) is 16.0 Å². The lowest BCUT2D eigenvalue weighted by molar-refractivity contribution is -0.132. The fraction of sp³-hybridized carbons (Fsp3) is 0.276. The van der Waals surface area contributed by atoms with Crippen LogP contribution in [0.3, 0.4) is 0 Å². The third-order valence-electron chi connectivity index (χ3n) is 7.15. The van der Waals surface area contributed by atoms with Crippen molar-refractivity contribution < 1.29 is 14.7 Å². The molecule has 2 aromatic heterocycles. The van der Waals surface area contributed by atoms with Gasteiger partial charge in [0.1, 0.15) is 11.8 Å². The molecule has 1 N–H and O–H groups in total. The first-order chi connectivity index (χ1) is 17.4. The Kier molecular flexibility index (Phi) is 5.77. The molecule has 3 heterocycles. The summed E-state index contributed by atoms with van der Waals surface area (Å²) < 4.78 is 0.970. The Labute approximate surface area is 217 Å². The molecular formula is C29H26N2O3S2. The number of ketones is 1. The smallest absolute Gasteiger partial charge is 0.301 e. The van der Waals surface area contributed by atoms with Gasteiger partial charge in [-0.15, -0.1) is 11.3 Å². The van der Waals surface area contributed by atoms with Crippen molar-refractivity contribution in [3.05, 3.63) is 86.6 Å². The molecule has 4 aromatic rings. The molecule has 1 fully saturated rings. The van der Waals surface area contributed by atoms with E-state index in [1.54, 1.807) is 0 Å². The van der Waals surface area contributed by atoms with Gasteiger partial charge in [-0.25, -0.2) is 4.98 Å². The van der Waals surface area contributed by atoms with E-state index in [2.05, 4.69) is 26.0 Å². The number of hydrogen-bond donors (Lipinski definition) is 1. The number of Topliss-reactive ketones (excluding diaryl/α,β-unsaturated/α-hetero) is 1. The number of benzene rings is 2. The van der Waals surface area contributed by atoms with Crippen LogP contribution in [0.2, 0.25) is 0 Å². The van der Waals surface area contributed by atoms with Crippen LogP contribution in [0.15, 0.2) is 59.5 Å². The SMILES string of the molecule is CC(C)c1ccc2nc(N3C(=O)C(=O)/C(=C(/O)c4ccc5c(c4)CCCC5)C3c3cccs3)sc2c1. The Hall–Kier alpha value is -3.29. The lowest BCUT2D eigenvalue weighted by Crippen LogP contribution is -2.28. The molecular weight excluding hydrogens is 488 g/mol. The highest BCUT2D eigenvalue weighted by molar-refractivity contribution is 7.22. The molecule has 0 spiro atoms. The highest BCUT2D eigenvalue weighted by Crippen LogP contribution is 2.45. The summed E-state index contributed by atoms with van der Waals surface area (Å²) >= 11 is 2.86. The van der Waals surface area contributed by atoms with Gasteiger partial charge < -0.3 is 5.11 Å². The monoisotopic (exact) mass is 514 g/mol. The number of carbonyl (C=O) groups excluding carboxylic acids is 2. The number of rotatable bonds is 4. The Morgan fingerprint density at radius 2 is 1.86 bits per heavy atom. The molecule has 1 aliphatic heterocycles. The number of aliphatic hydroxyl groups excluding tert-OH is 1. The number of nitrogens with zero attached hydrogens (tertiary/aromatic N) is 2. The van der Waals surface area contributed by atoms with E-state index in [9.17, 15) is 14.7 Å². The summed E-state index contributed by atoms with van der Waals surface area (Å²) in [6.45, 7) is 4.28. The summed E-state index contributed by atoms with van der Waals surface area (Å²) in [7, 11) is 0. The van der Waals surface area contributed by atoms with Crippen molar-refractivity contribution in [3.63, 3.8) is 0 Å². The van der Waals surface area contributed by atoms with E-state index in [1.165, 1.54) is 50.7 Å². The van der Waals surface area contributed by atoms with Crippen LogP contribution in [0.4, 0.5) is 5.13 Å². The fourth-order valence-corrected chi connectivity index (χ4v) is 7.04. The van der Waals surface area contributed by atoms with Crippen LogP contribution in [0.5, 0.6) is 0 Å². The van der Waals surface area contributed by atoms with Gasteiger partial charge in [0.05, 0.1) is 15.8 Å². The zero-order valence-corrected chi connectivity index (χ0v) is 21.8. The largest absolute Gasteiger partial charge is 0.507 e. The number of thiophene rings is 1. The van der Waals surface area contributed by atoms with E-state index >= 15 is 0 Å². The standard InChI is InChI=1S/C29H26N2O3S2/c1-16(2)18-11-12-21-23(15-18)36-29(30-21)31-25(22-8-5-13-35-22)24(27(33)28(31)34)26(32)20-10-9-17-6-3-4-7-19(17)14-20/h5,8-16,25,32H,3-4,6-7H2,1-2H3/b26-24+. The van der Waals surface area contributed by atoms with Crippen LogP contribution in [0, 0.1) is 0 Å². The number of aryl methyl sites for hydroxylation is 2. The Bertz CT molecular complexity index is 1530. The Morgan fingerprint density at radius 1 is 1.06 bits per heavy atom. The normalized spacial score (nSPS) is 19.4. The molecule has 1 amide bonds. The fourth-order valence-electron chi connectivity index (χ4n) is 5.17. The Morgan fingerprint density at radius 3 is 2.61 bits per heavy atom. The van der Waals surface area contributed by atoms with E-state index in [4.69, 9.17) is 4.98 Å². The minimum absolute atomic E-state index is 0.120. The van der Waals surface area contributed by atoms with Gasteiger partial charge in [0.2, 0.25) is 0 Å². The zero-order valence-electron chi connectivity index (χ0n) is 20.2. The van der Waals surface area contributed by atoms with E-state index in [1.807, 2.05) is 41.8 Å². The van der Waals surface area contributed by atoms with Crippen LogP contribution < -0.4 is 4.90 Å². The molecule has 0 radical (unpaired) electrons. The van der Waals surface area contributed by atoms with Crippen molar-refractivity contribution in [3.8, 4) is 0 Å². The van der Waals surface area contributed by atoms with Gasteiger partial charge in [-0.1, -0.05) is 49.4 Å². The van der Waals surface area contributed by atoms with Crippen LogP contribution in [-0.4, -0.2) is 21.8 Å². The summed E-state index contributed by atoms with van der Waals surface area (Å²) in [6, 6.07) is 15.1. The summed E-state index contributed by atoms with van der Waals surface area (Å²) in [5.41, 5.74) is 5.20. The molecule has 182 valence electrons. The predicted octanol–water partition coefficient (Wildman–Crippen LogP) is 6.99. The first-order valence-electron chi connectivity index (χ1n) is 12.3. The number of anilines is 1. The lowest BCUT2D eigenvalue weighted by atomic mass is 9.89. The number of carbonyl (C=O) groups is 2. The molecule has 1 atom stereocenters. The molecule has 2 aliphatic rings. The molecule has 36 heavy (non-hydrogen) atoms. The molecule has 1 aliphatic carbocycles. The second-order valence-corrected chi connectivity index (χ2v) is 11.7. The van der Waals surface area contributed by atoms with Crippen molar-refractivity contribution in [2.75, 3.05) is 4.90 Å². The quantitative estimate of drug-likeness (QED) is 0.181. The van der Waals surface area contributed by atoms with Crippen molar-refractivity contribution in [1.82, 2.24) is 4.98 Å². The first-order valence-corrected chi connectivity index (χ1v) is 14.0. The second kappa shape index (κ2) is 8.98. The Balaban J connectivity index is 1.49. The van der Waals surface area contributed by atoms with Crippen molar-refractivity contribution >= 4 is 55.5 Å². The molecule has 7 heteroatoms. The average Bonchev–Trinajstić information content (AvgIpc) is 3.61. The van der Waals surface area contributed by atoms with Crippen LogP contribution in [0.1, 0.15) is 65.8 Å². The maximum atomic E-state index is 13.4. The third-order valence-corrected chi connectivity index (χ3v) is 9.10. The first kappa shape index (κ1) is 23.1. The van der Waals surface area contributed by atoms with Gasteiger partial charge in [0.25, 0.3) is 5.78 Å².